The Kier molecular flexibility index (Phi) is 4.37. The summed E-state index contributed by atoms with van der Waals surface area (Å²) in [6.07, 6.45) is 0.881. The van der Waals surface area contributed by atoms with Crippen molar-refractivity contribution in [2.75, 3.05) is 0 Å². The van der Waals surface area contributed by atoms with Crippen LogP contribution in [0.15, 0.2) is 53.0 Å². The predicted octanol–water partition coefficient (Wildman–Crippen LogP) is 2.60. The van der Waals surface area contributed by atoms with Crippen LogP contribution in [-0.2, 0) is 17.6 Å². The van der Waals surface area contributed by atoms with Crippen LogP contribution >= 0.6 is 15.9 Å². The molecule has 1 nitrogen and oxygen atoms in total. The highest BCUT2D eigenvalue weighted by atomic mass is 79.9. The van der Waals surface area contributed by atoms with E-state index < -0.39 is 0 Å². The normalized spacial score (nSPS) is 10.3. The lowest BCUT2D eigenvalue weighted by Crippen LogP contribution is -2.09. The minimum atomic E-state index is 0.193. The van der Waals surface area contributed by atoms with E-state index in [1.807, 2.05) is 48.5 Å². The van der Waals surface area contributed by atoms with Crippen molar-refractivity contribution >= 4 is 35.0 Å². The maximum Gasteiger partial charge on any atom is 0.141 e. The predicted molar refractivity (Wildman–Crippen MR) is 78.4 cm³/mol. The van der Waals surface area contributed by atoms with Crippen molar-refractivity contribution in [2.45, 2.75) is 12.8 Å². The Morgan fingerprint density at radius 1 is 1.00 bits per heavy atom. The van der Waals surface area contributed by atoms with Gasteiger partial charge < -0.3 is 0 Å². The number of rotatable bonds is 4. The molecule has 0 fully saturated rings. The monoisotopic (exact) mass is 298 g/mol. The van der Waals surface area contributed by atoms with Crippen LogP contribution in [0.5, 0.6) is 0 Å². The van der Waals surface area contributed by atoms with Gasteiger partial charge in [0, 0.05) is 17.3 Å². The molecule has 88 valence electrons. The smallest absolute Gasteiger partial charge is 0.141 e. The van der Waals surface area contributed by atoms with Gasteiger partial charge >= 0.3 is 0 Å². The summed E-state index contributed by atoms with van der Waals surface area (Å²) >= 11 is 3.40. The van der Waals surface area contributed by atoms with Gasteiger partial charge in [0.15, 0.2) is 0 Å². The summed E-state index contributed by atoms with van der Waals surface area (Å²) in [5.41, 5.74) is 2.69. The topological polar surface area (TPSA) is 17.1 Å². The van der Waals surface area contributed by atoms with Gasteiger partial charge in [0.05, 0.1) is 0 Å². The second kappa shape index (κ2) is 6.01. The summed E-state index contributed by atoms with van der Waals surface area (Å²) in [5.74, 6) is 0.193. The van der Waals surface area contributed by atoms with Crippen LogP contribution in [0.25, 0.3) is 0 Å². The first-order valence-corrected chi connectivity index (χ1v) is 6.53. The van der Waals surface area contributed by atoms with Gasteiger partial charge in [-0.15, -0.1) is 0 Å². The molecule has 18 heavy (non-hydrogen) atoms. The maximum atomic E-state index is 11.9. The zero-order valence-corrected chi connectivity index (χ0v) is 11.5. The third kappa shape index (κ3) is 3.85. The number of hydrogen-bond acceptors (Lipinski definition) is 1. The van der Waals surface area contributed by atoms with E-state index in [9.17, 15) is 4.79 Å². The van der Waals surface area contributed by atoms with E-state index in [4.69, 9.17) is 7.85 Å². The average Bonchev–Trinajstić information content (AvgIpc) is 2.28. The number of ketones is 1. The Morgan fingerprint density at radius 2 is 1.61 bits per heavy atom. The van der Waals surface area contributed by atoms with E-state index in [-0.39, 0.29) is 5.78 Å². The van der Waals surface area contributed by atoms with Gasteiger partial charge in [-0.3, -0.25) is 4.79 Å². The Hall–Kier alpha value is -1.35. The summed E-state index contributed by atoms with van der Waals surface area (Å²) in [6.45, 7) is 0. The molecule has 0 bridgehead atoms. The van der Waals surface area contributed by atoms with Crippen molar-refractivity contribution in [3.05, 3.63) is 64.1 Å². The Balaban J connectivity index is 2.01. The molecule has 0 N–H and O–H groups in total. The zero-order chi connectivity index (χ0) is 13.0. The molecule has 0 aliphatic carbocycles. The van der Waals surface area contributed by atoms with Gasteiger partial charge in [0.1, 0.15) is 13.6 Å². The molecule has 0 amide bonds. The van der Waals surface area contributed by atoms with Crippen molar-refractivity contribution < 1.29 is 4.79 Å². The third-order valence-electron chi connectivity index (χ3n) is 2.64. The molecule has 3 heteroatoms. The molecule has 2 aromatic rings. The SMILES string of the molecule is [B]c1cccc(CC(=O)Cc2cccc(Br)c2)c1. The molecule has 2 radical (unpaired) electrons. The third-order valence-corrected chi connectivity index (χ3v) is 3.14. The molecule has 0 aliphatic rings. The van der Waals surface area contributed by atoms with E-state index in [1.54, 1.807) is 0 Å². The van der Waals surface area contributed by atoms with Crippen molar-refractivity contribution in [2.24, 2.45) is 0 Å². The molecule has 0 heterocycles. The van der Waals surface area contributed by atoms with Crippen LogP contribution < -0.4 is 5.46 Å². The van der Waals surface area contributed by atoms with E-state index in [2.05, 4.69) is 15.9 Å². The highest BCUT2D eigenvalue weighted by molar-refractivity contribution is 9.10. The lowest BCUT2D eigenvalue weighted by molar-refractivity contribution is -0.117. The molecule has 0 aliphatic heterocycles. The first-order valence-electron chi connectivity index (χ1n) is 5.74. The van der Waals surface area contributed by atoms with Gasteiger partial charge in [-0.25, -0.2) is 0 Å². The number of halogens is 1. The van der Waals surface area contributed by atoms with Crippen LogP contribution in [-0.4, -0.2) is 13.6 Å². The second-order valence-electron chi connectivity index (χ2n) is 4.27. The van der Waals surface area contributed by atoms with E-state index in [0.717, 1.165) is 15.6 Å². The van der Waals surface area contributed by atoms with E-state index in [0.29, 0.717) is 18.3 Å². The molecular formula is C15H12BBrO. The van der Waals surface area contributed by atoms with Gasteiger partial charge in [0.2, 0.25) is 0 Å². The van der Waals surface area contributed by atoms with Crippen LogP contribution in [0, 0.1) is 0 Å². The highest BCUT2D eigenvalue weighted by Gasteiger charge is 2.05. The van der Waals surface area contributed by atoms with Gasteiger partial charge in [-0.1, -0.05) is 57.8 Å². The molecule has 0 aromatic heterocycles. The fraction of sp³-hybridized carbons (Fsp3) is 0.133. The molecule has 0 saturated heterocycles. The molecule has 0 spiro atoms. The summed E-state index contributed by atoms with van der Waals surface area (Å²) in [4.78, 5) is 11.9. The molecule has 0 saturated carbocycles. The van der Waals surface area contributed by atoms with Crippen LogP contribution in [0.2, 0.25) is 0 Å². The second-order valence-corrected chi connectivity index (χ2v) is 5.18. The molecule has 2 rings (SSSR count). The van der Waals surface area contributed by atoms with Gasteiger partial charge in [-0.2, -0.15) is 0 Å². The maximum absolute atomic E-state index is 11.9. The fourth-order valence-corrected chi connectivity index (χ4v) is 2.31. The zero-order valence-electron chi connectivity index (χ0n) is 9.90. The lowest BCUT2D eigenvalue weighted by atomic mass is 9.92. The summed E-state index contributed by atoms with van der Waals surface area (Å²) in [7, 11) is 5.69. The summed E-state index contributed by atoms with van der Waals surface area (Å²) in [6, 6.07) is 15.3. The summed E-state index contributed by atoms with van der Waals surface area (Å²) in [5, 5.41) is 0. The van der Waals surface area contributed by atoms with Crippen LogP contribution in [0.3, 0.4) is 0 Å². The van der Waals surface area contributed by atoms with Crippen molar-refractivity contribution in [1.82, 2.24) is 0 Å². The van der Waals surface area contributed by atoms with E-state index >= 15 is 0 Å². The quantitative estimate of drug-likeness (QED) is 0.793. The minimum Gasteiger partial charge on any atom is -0.299 e. The minimum absolute atomic E-state index is 0.193. The van der Waals surface area contributed by atoms with Crippen molar-refractivity contribution in [3.63, 3.8) is 0 Å². The average molecular weight is 299 g/mol. The number of Topliss-reactive ketones (excluding diaryl/α,β-unsaturated/α-hetero) is 1. The number of carbonyl (C=O) groups excluding carboxylic acids is 1. The Morgan fingerprint density at radius 3 is 2.22 bits per heavy atom. The number of hydrogen-bond donors (Lipinski definition) is 0. The molecule has 0 unspecified atom stereocenters. The lowest BCUT2D eigenvalue weighted by Gasteiger charge is -2.03. The Labute approximate surface area is 117 Å². The van der Waals surface area contributed by atoms with E-state index in [1.165, 1.54) is 0 Å². The highest BCUT2D eigenvalue weighted by Crippen LogP contribution is 2.13. The summed E-state index contributed by atoms with van der Waals surface area (Å²) < 4.78 is 0.997. The number of carbonyl (C=O) groups is 1. The van der Waals surface area contributed by atoms with Gasteiger partial charge in [0.25, 0.3) is 0 Å². The fourth-order valence-electron chi connectivity index (χ4n) is 1.87. The molecule has 0 atom stereocenters. The first-order chi connectivity index (χ1) is 8.63. The van der Waals surface area contributed by atoms with Crippen molar-refractivity contribution in [3.8, 4) is 0 Å². The largest absolute Gasteiger partial charge is 0.299 e. The molecular weight excluding hydrogens is 287 g/mol. The number of benzene rings is 2. The Bertz CT molecular complexity index is 516. The van der Waals surface area contributed by atoms with Crippen LogP contribution in [0.1, 0.15) is 11.1 Å². The standard InChI is InChI=1S/C15H12BBrO/c16-13-5-1-3-11(7-13)9-15(18)10-12-4-2-6-14(17)8-12/h1-8H,9-10H2. The first kappa shape index (κ1) is 13.1. The van der Waals surface area contributed by atoms with Crippen LogP contribution in [0.4, 0.5) is 0 Å². The van der Waals surface area contributed by atoms with Gasteiger partial charge in [-0.05, 0) is 23.3 Å². The van der Waals surface area contributed by atoms with Crippen molar-refractivity contribution in [1.29, 1.82) is 0 Å². The molecule has 2 aromatic carbocycles.